The van der Waals surface area contributed by atoms with E-state index in [1.807, 2.05) is 20.8 Å². The number of alkyl halides is 1. The third-order valence-electron chi connectivity index (χ3n) is 2.79. The lowest BCUT2D eigenvalue weighted by molar-refractivity contribution is 0.193. The molecule has 2 aromatic rings. The number of aromatic nitrogens is 3. The predicted molar refractivity (Wildman–Crippen MR) is 72.2 cm³/mol. The molecule has 0 amide bonds. The molecule has 0 saturated carbocycles. The van der Waals surface area contributed by atoms with E-state index in [-0.39, 0.29) is 11.1 Å². The monoisotopic (exact) mass is 329 g/mol. The van der Waals surface area contributed by atoms with Crippen molar-refractivity contribution < 1.29 is 14.3 Å². The molecule has 2 rings (SSSR count). The van der Waals surface area contributed by atoms with E-state index in [2.05, 4.69) is 26.0 Å². The summed E-state index contributed by atoms with van der Waals surface area (Å²) >= 11 is 3.27. The normalized spacial score (nSPS) is 12.1. The van der Waals surface area contributed by atoms with Crippen LogP contribution in [0.3, 0.4) is 0 Å². The summed E-state index contributed by atoms with van der Waals surface area (Å²) in [4.78, 5) is 14.8. The number of pyridine rings is 1. The molecular weight excluding hydrogens is 317 g/mol. The number of halogens is 2. The van der Waals surface area contributed by atoms with Gasteiger partial charge in [-0.25, -0.2) is 4.79 Å². The second-order valence-corrected chi connectivity index (χ2v) is 5.78. The van der Waals surface area contributed by atoms with Crippen LogP contribution in [-0.4, -0.2) is 26.0 Å². The van der Waals surface area contributed by atoms with Crippen LogP contribution in [0.1, 0.15) is 32.0 Å². The lowest BCUT2D eigenvalue weighted by Gasteiger charge is -2.20. The highest BCUT2D eigenvalue weighted by Gasteiger charge is 2.25. The van der Waals surface area contributed by atoms with Crippen molar-refractivity contribution in [2.24, 2.45) is 0 Å². The molecule has 0 spiro atoms. The fourth-order valence-corrected chi connectivity index (χ4v) is 2.37. The Balaban J connectivity index is 2.95. The molecule has 7 heteroatoms. The molecule has 102 valence electrons. The SMILES string of the molecule is CC(C)(C)c1cc(F)nc2c1c(CBr)nn2C(=O)O. The Morgan fingerprint density at radius 3 is 2.63 bits per heavy atom. The maximum absolute atomic E-state index is 13.6. The zero-order valence-corrected chi connectivity index (χ0v) is 12.3. The zero-order chi connectivity index (χ0) is 14.4. The van der Waals surface area contributed by atoms with Gasteiger partial charge in [-0.3, -0.25) is 0 Å². The van der Waals surface area contributed by atoms with Gasteiger partial charge in [0.1, 0.15) is 0 Å². The number of carbonyl (C=O) groups is 1. The summed E-state index contributed by atoms with van der Waals surface area (Å²) in [6.07, 6.45) is -1.28. The van der Waals surface area contributed by atoms with Gasteiger partial charge in [0.15, 0.2) is 5.65 Å². The molecule has 5 nitrogen and oxygen atoms in total. The minimum absolute atomic E-state index is 0.0341. The van der Waals surface area contributed by atoms with E-state index >= 15 is 0 Å². The van der Waals surface area contributed by atoms with Crippen LogP contribution in [0, 0.1) is 5.95 Å². The zero-order valence-electron chi connectivity index (χ0n) is 10.7. The molecule has 0 aromatic carbocycles. The fraction of sp³-hybridized carbons (Fsp3) is 0.417. The second-order valence-electron chi connectivity index (χ2n) is 5.22. The average molecular weight is 330 g/mol. The first-order chi connectivity index (χ1) is 8.75. The Morgan fingerprint density at radius 1 is 1.53 bits per heavy atom. The molecule has 0 saturated heterocycles. The number of hydrogen-bond donors (Lipinski definition) is 1. The van der Waals surface area contributed by atoms with Crippen molar-refractivity contribution in [2.75, 3.05) is 0 Å². The van der Waals surface area contributed by atoms with Gasteiger partial charge in [-0.05, 0) is 17.0 Å². The second kappa shape index (κ2) is 4.56. The van der Waals surface area contributed by atoms with Crippen LogP contribution in [0.5, 0.6) is 0 Å². The molecule has 0 fully saturated rings. The smallest absolute Gasteiger partial charge is 0.434 e. The van der Waals surface area contributed by atoms with Crippen LogP contribution in [0.4, 0.5) is 9.18 Å². The number of nitrogens with zero attached hydrogens (tertiary/aromatic N) is 3. The van der Waals surface area contributed by atoms with Crippen molar-refractivity contribution >= 4 is 33.1 Å². The summed E-state index contributed by atoms with van der Waals surface area (Å²) in [7, 11) is 0. The van der Waals surface area contributed by atoms with Gasteiger partial charge in [0, 0.05) is 10.7 Å². The molecule has 0 bridgehead atoms. The molecule has 19 heavy (non-hydrogen) atoms. The lowest BCUT2D eigenvalue weighted by atomic mass is 9.85. The van der Waals surface area contributed by atoms with Crippen LogP contribution in [0.15, 0.2) is 6.07 Å². The van der Waals surface area contributed by atoms with E-state index < -0.39 is 12.0 Å². The summed E-state index contributed by atoms with van der Waals surface area (Å²) in [6.45, 7) is 5.78. The predicted octanol–water partition coefficient (Wildman–Crippen LogP) is 3.29. The Hall–Kier alpha value is -1.50. The van der Waals surface area contributed by atoms with E-state index in [0.29, 0.717) is 26.7 Å². The number of fused-ring (bicyclic) bond motifs is 1. The van der Waals surface area contributed by atoms with E-state index in [4.69, 9.17) is 5.11 Å². The van der Waals surface area contributed by atoms with Crippen LogP contribution >= 0.6 is 15.9 Å². The topological polar surface area (TPSA) is 68.0 Å². The molecule has 1 N–H and O–H groups in total. The number of carboxylic acid groups (broad SMARTS) is 1. The summed E-state index contributed by atoms with van der Waals surface area (Å²) in [5, 5.41) is 14.0. The number of hydrogen-bond acceptors (Lipinski definition) is 3. The molecule has 2 heterocycles. The maximum Gasteiger partial charge on any atom is 0.434 e. The highest BCUT2D eigenvalue weighted by Crippen LogP contribution is 2.32. The Morgan fingerprint density at radius 2 is 2.16 bits per heavy atom. The van der Waals surface area contributed by atoms with Crippen LogP contribution in [0.25, 0.3) is 11.0 Å². The van der Waals surface area contributed by atoms with Crippen molar-refractivity contribution in [3.05, 3.63) is 23.3 Å². The highest BCUT2D eigenvalue weighted by atomic mass is 79.9. The van der Waals surface area contributed by atoms with Crippen molar-refractivity contribution in [1.29, 1.82) is 0 Å². The van der Waals surface area contributed by atoms with Crippen molar-refractivity contribution in [3.8, 4) is 0 Å². The summed E-state index contributed by atoms with van der Waals surface area (Å²) in [5.74, 6) is -0.707. The largest absolute Gasteiger partial charge is 0.463 e. The van der Waals surface area contributed by atoms with E-state index in [1.54, 1.807) is 0 Å². The van der Waals surface area contributed by atoms with Gasteiger partial charge in [-0.1, -0.05) is 36.7 Å². The molecule has 0 aliphatic heterocycles. The minimum Gasteiger partial charge on any atom is -0.463 e. The van der Waals surface area contributed by atoms with Gasteiger partial charge in [-0.15, -0.1) is 4.68 Å². The van der Waals surface area contributed by atoms with Crippen molar-refractivity contribution in [1.82, 2.24) is 14.8 Å². The molecule has 2 aromatic heterocycles. The molecule has 0 aliphatic carbocycles. The minimum atomic E-state index is -1.28. The van der Waals surface area contributed by atoms with Gasteiger partial charge in [0.2, 0.25) is 5.95 Å². The van der Waals surface area contributed by atoms with Gasteiger partial charge < -0.3 is 5.11 Å². The standard InChI is InChI=1S/C12H13BrFN3O2/c1-12(2,3)6-4-8(14)15-10-9(6)7(5-13)16-17(10)11(18)19/h4H,5H2,1-3H3,(H,18,19). The third kappa shape index (κ3) is 2.34. The third-order valence-corrected chi connectivity index (χ3v) is 3.33. The molecular formula is C12H13BrFN3O2. The first-order valence-corrected chi connectivity index (χ1v) is 6.75. The highest BCUT2D eigenvalue weighted by molar-refractivity contribution is 9.08. The van der Waals surface area contributed by atoms with Gasteiger partial charge in [0.25, 0.3) is 0 Å². The Labute approximate surface area is 117 Å². The van der Waals surface area contributed by atoms with E-state index in [1.165, 1.54) is 6.07 Å². The fourth-order valence-electron chi connectivity index (χ4n) is 1.98. The maximum atomic E-state index is 13.6. The summed E-state index contributed by atoms with van der Waals surface area (Å²) in [6, 6.07) is 1.34. The van der Waals surface area contributed by atoms with Crippen molar-refractivity contribution in [3.63, 3.8) is 0 Å². The summed E-state index contributed by atoms with van der Waals surface area (Å²) in [5.41, 5.74) is 0.921. The molecule has 0 radical (unpaired) electrons. The first-order valence-electron chi connectivity index (χ1n) is 5.63. The number of rotatable bonds is 1. The van der Waals surface area contributed by atoms with Gasteiger partial charge in [-0.2, -0.15) is 14.5 Å². The van der Waals surface area contributed by atoms with Crippen molar-refractivity contribution in [2.45, 2.75) is 31.5 Å². The quantitative estimate of drug-likeness (QED) is 0.643. The van der Waals surface area contributed by atoms with E-state index in [9.17, 15) is 9.18 Å². The summed E-state index contributed by atoms with van der Waals surface area (Å²) < 4.78 is 14.3. The van der Waals surface area contributed by atoms with Crippen LogP contribution in [0.2, 0.25) is 0 Å². The molecule has 0 aliphatic rings. The van der Waals surface area contributed by atoms with Gasteiger partial charge in [0.05, 0.1) is 5.69 Å². The Bertz CT molecular complexity index is 661. The lowest BCUT2D eigenvalue weighted by Crippen LogP contribution is -2.14. The molecule has 0 atom stereocenters. The van der Waals surface area contributed by atoms with Crippen LogP contribution in [-0.2, 0) is 10.7 Å². The Kier molecular flexibility index (Phi) is 3.34. The van der Waals surface area contributed by atoms with Gasteiger partial charge >= 0.3 is 6.09 Å². The average Bonchev–Trinajstić information content (AvgIpc) is 2.65. The van der Waals surface area contributed by atoms with E-state index in [0.717, 1.165) is 0 Å². The van der Waals surface area contributed by atoms with Crippen LogP contribution < -0.4 is 0 Å². The molecule has 0 unspecified atom stereocenters. The first kappa shape index (κ1) is 13.9.